The standard InChI is InChI=1S/C17H14N2O5S/c18-25(22,23)14-6-4-11(5-7-14)12-2-1-3-13(8-12)15-10-24-16(19-15)9-17(20)21/h1-8,10H,9H2,(H,20,21)(H2,18,22,23). The molecule has 3 aromatic rings. The molecule has 3 rings (SSSR count). The Morgan fingerprint density at radius 3 is 2.40 bits per heavy atom. The van der Waals surface area contributed by atoms with Crippen molar-refractivity contribution in [3.05, 3.63) is 60.7 Å². The summed E-state index contributed by atoms with van der Waals surface area (Å²) < 4.78 is 27.8. The summed E-state index contributed by atoms with van der Waals surface area (Å²) in [5.41, 5.74) is 2.94. The van der Waals surface area contributed by atoms with Gasteiger partial charge < -0.3 is 9.52 Å². The fourth-order valence-electron chi connectivity index (χ4n) is 2.35. The number of oxazole rings is 1. The van der Waals surface area contributed by atoms with E-state index in [9.17, 15) is 13.2 Å². The van der Waals surface area contributed by atoms with Crippen LogP contribution in [0.2, 0.25) is 0 Å². The molecule has 0 atom stereocenters. The van der Waals surface area contributed by atoms with E-state index in [2.05, 4.69) is 4.98 Å². The van der Waals surface area contributed by atoms with Crippen molar-refractivity contribution in [3.8, 4) is 22.4 Å². The van der Waals surface area contributed by atoms with Gasteiger partial charge in [-0.2, -0.15) is 0 Å². The lowest BCUT2D eigenvalue weighted by Gasteiger charge is -2.05. The van der Waals surface area contributed by atoms with Gasteiger partial charge in [-0.25, -0.2) is 18.5 Å². The number of rotatable bonds is 5. The summed E-state index contributed by atoms with van der Waals surface area (Å²) in [4.78, 5) is 14.9. The molecule has 25 heavy (non-hydrogen) atoms. The van der Waals surface area contributed by atoms with Crippen LogP contribution in [0.4, 0.5) is 0 Å². The highest BCUT2D eigenvalue weighted by molar-refractivity contribution is 7.89. The van der Waals surface area contributed by atoms with E-state index < -0.39 is 16.0 Å². The number of nitrogens with zero attached hydrogens (tertiary/aromatic N) is 1. The topological polar surface area (TPSA) is 123 Å². The normalized spacial score (nSPS) is 11.4. The zero-order chi connectivity index (χ0) is 18.0. The zero-order valence-corrected chi connectivity index (χ0v) is 13.7. The Morgan fingerprint density at radius 2 is 1.76 bits per heavy atom. The minimum absolute atomic E-state index is 0.0437. The van der Waals surface area contributed by atoms with Crippen LogP contribution in [0.25, 0.3) is 22.4 Å². The maximum atomic E-state index is 11.3. The molecule has 1 heterocycles. The highest BCUT2D eigenvalue weighted by Gasteiger charge is 2.11. The summed E-state index contributed by atoms with van der Waals surface area (Å²) in [6.45, 7) is 0. The van der Waals surface area contributed by atoms with E-state index in [-0.39, 0.29) is 17.2 Å². The molecule has 128 valence electrons. The average molecular weight is 358 g/mol. The molecule has 0 radical (unpaired) electrons. The van der Waals surface area contributed by atoms with E-state index in [1.807, 2.05) is 24.3 Å². The van der Waals surface area contributed by atoms with Gasteiger partial charge in [-0.3, -0.25) is 4.79 Å². The van der Waals surface area contributed by atoms with E-state index >= 15 is 0 Å². The molecule has 0 aliphatic carbocycles. The van der Waals surface area contributed by atoms with Gasteiger partial charge in [0.2, 0.25) is 15.9 Å². The fourth-order valence-corrected chi connectivity index (χ4v) is 2.86. The lowest BCUT2D eigenvalue weighted by molar-refractivity contribution is -0.136. The van der Waals surface area contributed by atoms with E-state index in [1.165, 1.54) is 18.4 Å². The molecule has 0 aliphatic rings. The highest BCUT2D eigenvalue weighted by atomic mass is 32.2. The molecular weight excluding hydrogens is 344 g/mol. The second kappa shape index (κ2) is 6.50. The van der Waals surface area contributed by atoms with Gasteiger partial charge in [-0.1, -0.05) is 30.3 Å². The van der Waals surface area contributed by atoms with Gasteiger partial charge in [-0.05, 0) is 29.3 Å². The van der Waals surface area contributed by atoms with Crippen molar-refractivity contribution in [1.29, 1.82) is 0 Å². The van der Waals surface area contributed by atoms with Crippen LogP contribution >= 0.6 is 0 Å². The number of hydrogen-bond donors (Lipinski definition) is 2. The minimum Gasteiger partial charge on any atom is -0.481 e. The monoisotopic (exact) mass is 358 g/mol. The predicted molar refractivity (Wildman–Crippen MR) is 90.1 cm³/mol. The van der Waals surface area contributed by atoms with Crippen LogP contribution < -0.4 is 5.14 Å². The Balaban J connectivity index is 1.91. The summed E-state index contributed by atoms with van der Waals surface area (Å²) >= 11 is 0. The van der Waals surface area contributed by atoms with E-state index in [0.717, 1.165) is 16.7 Å². The smallest absolute Gasteiger partial charge is 0.312 e. The maximum Gasteiger partial charge on any atom is 0.312 e. The van der Waals surface area contributed by atoms with Gasteiger partial charge in [0.05, 0.1) is 4.90 Å². The van der Waals surface area contributed by atoms with Crippen molar-refractivity contribution in [3.63, 3.8) is 0 Å². The third kappa shape index (κ3) is 3.93. The second-order valence-corrected chi connectivity index (χ2v) is 6.91. The summed E-state index contributed by atoms with van der Waals surface area (Å²) in [5.74, 6) is -0.887. The summed E-state index contributed by atoms with van der Waals surface area (Å²) in [6.07, 6.45) is 1.12. The van der Waals surface area contributed by atoms with E-state index in [1.54, 1.807) is 12.1 Å². The second-order valence-electron chi connectivity index (χ2n) is 5.35. The average Bonchev–Trinajstić information content (AvgIpc) is 3.02. The third-order valence-electron chi connectivity index (χ3n) is 3.53. The lowest BCUT2D eigenvalue weighted by atomic mass is 10.0. The number of carboxylic acid groups (broad SMARTS) is 1. The number of benzene rings is 2. The van der Waals surface area contributed by atoms with Crippen LogP contribution in [-0.2, 0) is 21.2 Å². The molecule has 0 aliphatic heterocycles. The molecule has 0 bridgehead atoms. The Kier molecular flexibility index (Phi) is 4.39. The van der Waals surface area contributed by atoms with E-state index in [0.29, 0.717) is 5.69 Å². The van der Waals surface area contributed by atoms with Gasteiger partial charge in [0.25, 0.3) is 0 Å². The van der Waals surface area contributed by atoms with Crippen molar-refractivity contribution in [2.24, 2.45) is 5.14 Å². The molecule has 0 saturated heterocycles. The fraction of sp³-hybridized carbons (Fsp3) is 0.0588. The molecule has 0 spiro atoms. The Labute approximate surface area is 143 Å². The van der Waals surface area contributed by atoms with E-state index in [4.69, 9.17) is 14.7 Å². The molecule has 1 aromatic heterocycles. The lowest BCUT2D eigenvalue weighted by Crippen LogP contribution is -2.11. The third-order valence-corrected chi connectivity index (χ3v) is 4.46. The van der Waals surface area contributed by atoms with Crippen molar-refractivity contribution in [2.45, 2.75) is 11.3 Å². The first-order chi connectivity index (χ1) is 11.8. The summed E-state index contributed by atoms with van der Waals surface area (Å²) in [5, 5.41) is 13.9. The molecule has 0 unspecified atom stereocenters. The minimum atomic E-state index is -3.73. The van der Waals surface area contributed by atoms with Gasteiger partial charge in [-0.15, -0.1) is 0 Å². The largest absolute Gasteiger partial charge is 0.481 e. The number of aromatic nitrogens is 1. The van der Waals surface area contributed by atoms with Gasteiger partial charge in [0.15, 0.2) is 0 Å². The van der Waals surface area contributed by atoms with Crippen LogP contribution in [0.15, 0.2) is 64.1 Å². The molecule has 0 saturated carbocycles. The number of primary sulfonamides is 1. The van der Waals surface area contributed by atoms with Crippen LogP contribution in [0.3, 0.4) is 0 Å². The zero-order valence-electron chi connectivity index (χ0n) is 12.9. The van der Waals surface area contributed by atoms with Crippen LogP contribution in [0, 0.1) is 0 Å². The highest BCUT2D eigenvalue weighted by Crippen LogP contribution is 2.26. The number of carbonyl (C=O) groups is 1. The van der Waals surface area contributed by atoms with Gasteiger partial charge in [0, 0.05) is 5.56 Å². The Hall–Kier alpha value is -2.97. The van der Waals surface area contributed by atoms with Crippen molar-refractivity contribution in [2.75, 3.05) is 0 Å². The Bertz CT molecular complexity index is 1020. The quantitative estimate of drug-likeness (QED) is 0.721. The molecule has 3 N–H and O–H groups in total. The molecule has 0 fully saturated rings. The van der Waals surface area contributed by atoms with Crippen molar-refractivity contribution in [1.82, 2.24) is 4.98 Å². The Morgan fingerprint density at radius 1 is 1.08 bits per heavy atom. The molecule has 0 amide bonds. The summed E-state index contributed by atoms with van der Waals surface area (Å²) in [6, 6.07) is 13.6. The maximum absolute atomic E-state index is 11.3. The summed E-state index contributed by atoms with van der Waals surface area (Å²) in [7, 11) is -3.73. The van der Waals surface area contributed by atoms with Crippen LogP contribution in [0.1, 0.15) is 5.89 Å². The first kappa shape index (κ1) is 16.9. The van der Waals surface area contributed by atoms with Crippen LogP contribution in [-0.4, -0.2) is 24.5 Å². The number of aliphatic carboxylic acids is 1. The first-order valence-corrected chi connectivity index (χ1v) is 8.77. The van der Waals surface area contributed by atoms with Crippen LogP contribution in [0.5, 0.6) is 0 Å². The molecular formula is C17H14N2O5S. The first-order valence-electron chi connectivity index (χ1n) is 7.23. The number of sulfonamides is 1. The predicted octanol–water partition coefficient (Wildman–Crippen LogP) is 2.28. The number of carboxylic acids is 1. The molecule has 2 aromatic carbocycles. The molecule has 8 heteroatoms. The van der Waals surface area contributed by atoms with Gasteiger partial charge in [0.1, 0.15) is 18.4 Å². The number of hydrogen-bond acceptors (Lipinski definition) is 5. The SMILES string of the molecule is NS(=O)(=O)c1ccc(-c2cccc(-c3coc(CC(=O)O)n3)c2)cc1. The van der Waals surface area contributed by atoms with Gasteiger partial charge >= 0.3 is 5.97 Å². The number of nitrogens with two attached hydrogens (primary N) is 1. The molecule has 7 nitrogen and oxygen atoms in total. The van der Waals surface area contributed by atoms with Crippen molar-refractivity contribution >= 4 is 16.0 Å². The van der Waals surface area contributed by atoms with Crippen molar-refractivity contribution < 1.29 is 22.7 Å².